The average Bonchev–Trinajstić information content (AvgIpc) is 3.35. The van der Waals surface area contributed by atoms with Gasteiger partial charge in [-0.2, -0.15) is 0 Å². The van der Waals surface area contributed by atoms with Crippen molar-refractivity contribution in [2.45, 2.75) is 12.1 Å². The van der Waals surface area contributed by atoms with Gasteiger partial charge >= 0.3 is 0 Å². The van der Waals surface area contributed by atoms with Crippen LogP contribution in [0.15, 0.2) is 91.0 Å². The summed E-state index contributed by atoms with van der Waals surface area (Å²) in [4.78, 5) is 35.0. The Hall–Kier alpha value is -3.38. The number of nitrogens with zero attached hydrogens (tertiary/aromatic N) is 2. The standard InChI is InChI=1S/C27H18Cl2N2O3/c28-17-13-14-20(21(29)15-17)24-23-25(34-31(24)18-9-2-1-3-10-18)27(33)30(26(23)32)22-12-6-8-16-7-4-5-11-19(16)22/h1-15,23-25H/t23-,24-,25+/m0/s1. The van der Waals surface area contributed by atoms with E-state index < -0.39 is 18.1 Å². The minimum atomic E-state index is -0.969. The first-order valence-corrected chi connectivity index (χ1v) is 11.6. The number of rotatable bonds is 3. The molecule has 0 N–H and O–H groups in total. The highest BCUT2D eigenvalue weighted by Crippen LogP contribution is 2.49. The lowest BCUT2D eigenvalue weighted by atomic mass is 9.90. The van der Waals surface area contributed by atoms with Crippen LogP contribution in [-0.2, 0) is 14.4 Å². The number of hydrogen-bond donors (Lipinski definition) is 0. The Balaban J connectivity index is 1.49. The minimum absolute atomic E-state index is 0.319. The summed E-state index contributed by atoms with van der Waals surface area (Å²) >= 11 is 12.7. The van der Waals surface area contributed by atoms with Gasteiger partial charge < -0.3 is 0 Å². The van der Waals surface area contributed by atoms with Crippen LogP contribution in [0.3, 0.4) is 0 Å². The molecule has 0 unspecified atom stereocenters. The van der Waals surface area contributed by atoms with Crippen molar-refractivity contribution in [1.82, 2.24) is 0 Å². The van der Waals surface area contributed by atoms with Crippen molar-refractivity contribution in [2.75, 3.05) is 9.96 Å². The molecular formula is C27H18Cl2N2O3. The maximum atomic E-state index is 13.9. The third-order valence-corrected chi connectivity index (χ3v) is 6.98. The second kappa shape index (κ2) is 8.13. The van der Waals surface area contributed by atoms with E-state index in [4.69, 9.17) is 28.0 Å². The first kappa shape index (κ1) is 21.2. The highest BCUT2D eigenvalue weighted by atomic mass is 35.5. The number of benzene rings is 4. The number of carbonyl (C=O) groups excluding carboxylic acids is 2. The second-order valence-electron chi connectivity index (χ2n) is 8.33. The van der Waals surface area contributed by atoms with Crippen LogP contribution in [0.1, 0.15) is 11.6 Å². The lowest BCUT2D eigenvalue weighted by molar-refractivity contribution is -0.126. The lowest BCUT2D eigenvalue weighted by Crippen LogP contribution is -2.37. The van der Waals surface area contributed by atoms with Gasteiger partial charge in [-0.05, 0) is 41.3 Å². The van der Waals surface area contributed by atoms with E-state index in [2.05, 4.69) is 0 Å². The molecule has 34 heavy (non-hydrogen) atoms. The third kappa shape index (κ3) is 3.20. The predicted octanol–water partition coefficient (Wildman–Crippen LogP) is 6.20. The summed E-state index contributed by atoms with van der Waals surface area (Å²) in [6, 6.07) is 27.2. The maximum Gasteiger partial charge on any atom is 0.266 e. The number of imide groups is 1. The number of para-hydroxylation sites is 1. The monoisotopic (exact) mass is 488 g/mol. The summed E-state index contributed by atoms with van der Waals surface area (Å²) in [6.45, 7) is 0. The summed E-state index contributed by atoms with van der Waals surface area (Å²) in [7, 11) is 0. The van der Waals surface area contributed by atoms with Gasteiger partial charge in [-0.1, -0.05) is 83.9 Å². The molecule has 5 nitrogen and oxygen atoms in total. The molecule has 0 aromatic heterocycles. The molecular weight excluding hydrogens is 471 g/mol. The van der Waals surface area contributed by atoms with Crippen molar-refractivity contribution in [2.24, 2.45) is 5.92 Å². The average molecular weight is 489 g/mol. The van der Waals surface area contributed by atoms with Gasteiger partial charge in [0.1, 0.15) is 5.92 Å². The van der Waals surface area contributed by atoms with Gasteiger partial charge in [-0.25, -0.2) is 9.96 Å². The van der Waals surface area contributed by atoms with E-state index in [0.29, 0.717) is 21.3 Å². The Kier molecular flexibility index (Phi) is 5.06. The first-order valence-electron chi connectivity index (χ1n) is 10.9. The van der Waals surface area contributed by atoms with Crippen LogP contribution in [-0.4, -0.2) is 17.9 Å². The van der Waals surface area contributed by atoms with Crippen LogP contribution in [0.5, 0.6) is 0 Å². The molecule has 2 amide bonds. The number of hydrogen-bond acceptors (Lipinski definition) is 4. The van der Waals surface area contributed by atoms with Crippen LogP contribution in [0.2, 0.25) is 10.0 Å². The predicted molar refractivity (Wildman–Crippen MR) is 133 cm³/mol. The molecule has 7 heteroatoms. The molecule has 4 aromatic rings. The Bertz CT molecular complexity index is 1440. The Labute approximate surface area is 206 Å². The number of anilines is 2. The van der Waals surface area contributed by atoms with Gasteiger partial charge in [0, 0.05) is 15.4 Å². The van der Waals surface area contributed by atoms with Gasteiger partial charge in [0.25, 0.3) is 5.91 Å². The Morgan fingerprint density at radius 1 is 0.765 bits per heavy atom. The zero-order valence-electron chi connectivity index (χ0n) is 17.8. The number of halogens is 2. The zero-order chi connectivity index (χ0) is 23.4. The molecule has 168 valence electrons. The van der Waals surface area contributed by atoms with E-state index in [-0.39, 0.29) is 11.8 Å². The van der Waals surface area contributed by atoms with Gasteiger partial charge in [-0.3, -0.25) is 14.4 Å². The first-order chi connectivity index (χ1) is 16.5. The molecule has 0 aliphatic carbocycles. The SMILES string of the molecule is O=C1[C@@H]2[C@@H](ON(c3ccccc3)[C@H]2c2ccc(Cl)cc2Cl)C(=O)N1c1cccc2ccccc12. The molecule has 2 aliphatic heterocycles. The topological polar surface area (TPSA) is 49.9 Å². The largest absolute Gasteiger partial charge is 0.273 e. The Morgan fingerprint density at radius 2 is 1.50 bits per heavy atom. The van der Waals surface area contributed by atoms with E-state index in [0.717, 1.165) is 16.5 Å². The summed E-state index contributed by atoms with van der Waals surface area (Å²) in [5.74, 6) is -1.48. The minimum Gasteiger partial charge on any atom is -0.273 e. The van der Waals surface area contributed by atoms with Crippen molar-refractivity contribution in [3.05, 3.63) is 107 Å². The fourth-order valence-corrected chi connectivity index (χ4v) is 5.43. The van der Waals surface area contributed by atoms with Gasteiger partial charge in [0.05, 0.1) is 17.4 Å². The summed E-state index contributed by atoms with van der Waals surface area (Å²) < 4.78 is 0. The van der Waals surface area contributed by atoms with Crippen LogP contribution in [0.25, 0.3) is 10.8 Å². The van der Waals surface area contributed by atoms with E-state index in [9.17, 15) is 9.59 Å². The van der Waals surface area contributed by atoms with E-state index in [1.807, 2.05) is 66.7 Å². The summed E-state index contributed by atoms with van der Waals surface area (Å²) in [5, 5.41) is 4.29. The fraction of sp³-hybridized carbons (Fsp3) is 0.111. The molecule has 0 bridgehead atoms. The summed E-state index contributed by atoms with van der Waals surface area (Å²) in [5.41, 5.74) is 1.95. The van der Waals surface area contributed by atoms with Crippen molar-refractivity contribution in [1.29, 1.82) is 0 Å². The molecule has 2 heterocycles. The number of carbonyl (C=O) groups is 2. The maximum absolute atomic E-state index is 13.9. The highest BCUT2D eigenvalue weighted by molar-refractivity contribution is 6.35. The van der Waals surface area contributed by atoms with E-state index >= 15 is 0 Å². The highest BCUT2D eigenvalue weighted by Gasteiger charge is 2.60. The van der Waals surface area contributed by atoms with Crippen LogP contribution in [0.4, 0.5) is 11.4 Å². The van der Waals surface area contributed by atoms with Gasteiger partial charge in [-0.15, -0.1) is 0 Å². The molecule has 3 atom stereocenters. The van der Waals surface area contributed by atoms with Crippen molar-refractivity contribution in [3.8, 4) is 0 Å². The number of fused-ring (bicyclic) bond motifs is 2. The van der Waals surface area contributed by atoms with Gasteiger partial charge in [0.2, 0.25) is 5.91 Å². The Morgan fingerprint density at radius 3 is 2.29 bits per heavy atom. The zero-order valence-corrected chi connectivity index (χ0v) is 19.3. The van der Waals surface area contributed by atoms with Crippen LogP contribution in [0, 0.1) is 5.92 Å². The molecule has 4 aromatic carbocycles. The molecule has 0 spiro atoms. The van der Waals surface area contributed by atoms with Gasteiger partial charge in [0.15, 0.2) is 6.10 Å². The van der Waals surface area contributed by atoms with E-state index in [1.165, 1.54) is 4.90 Å². The lowest BCUT2D eigenvalue weighted by Gasteiger charge is -2.29. The molecule has 2 fully saturated rings. The second-order valence-corrected chi connectivity index (χ2v) is 9.18. The van der Waals surface area contributed by atoms with Crippen molar-refractivity contribution < 1.29 is 14.4 Å². The normalized spacial score (nSPS) is 22.0. The quantitative estimate of drug-likeness (QED) is 0.322. The number of hydroxylamine groups is 1. The molecule has 0 saturated carbocycles. The van der Waals surface area contributed by atoms with Crippen molar-refractivity contribution in [3.63, 3.8) is 0 Å². The molecule has 6 rings (SSSR count). The van der Waals surface area contributed by atoms with E-state index in [1.54, 1.807) is 29.3 Å². The third-order valence-electron chi connectivity index (χ3n) is 6.41. The summed E-state index contributed by atoms with van der Waals surface area (Å²) in [6.07, 6.45) is -0.969. The molecule has 2 aliphatic rings. The van der Waals surface area contributed by atoms with Crippen LogP contribution < -0.4 is 9.96 Å². The molecule has 2 saturated heterocycles. The van der Waals surface area contributed by atoms with Crippen molar-refractivity contribution >= 4 is 57.2 Å². The molecule has 0 radical (unpaired) electrons. The smallest absolute Gasteiger partial charge is 0.266 e. The van der Waals surface area contributed by atoms with Crippen LogP contribution >= 0.6 is 23.2 Å². The number of amides is 2. The fourth-order valence-electron chi connectivity index (χ4n) is 4.91.